The van der Waals surface area contributed by atoms with E-state index in [4.69, 9.17) is 0 Å². The zero-order chi connectivity index (χ0) is 14.3. The monoisotopic (exact) mass is 288 g/mol. The maximum atomic E-state index is 13.7. The molecule has 3 fully saturated rings. The van der Waals surface area contributed by atoms with E-state index in [9.17, 15) is 17.6 Å². The zero-order valence-electron chi connectivity index (χ0n) is 10.9. The van der Waals surface area contributed by atoms with E-state index in [1.165, 1.54) is 0 Å². The molecule has 3 saturated heterocycles. The highest BCUT2D eigenvalue weighted by Gasteiger charge is 2.35. The molecule has 3 heterocycles. The number of benzene rings is 1. The second-order valence-electron chi connectivity index (χ2n) is 5.58. The summed E-state index contributed by atoms with van der Waals surface area (Å²) in [6.45, 7) is 2.85. The Morgan fingerprint density at radius 3 is 2.40 bits per heavy atom. The van der Waals surface area contributed by atoms with Crippen LogP contribution in [0, 0.1) is 11.7 Å². The van der Waals surface area contributed by atoms with E-state index in [1.807, 2.05) is 0 Å². The SMILES string of the molecule is Fc1ccc(C(F)(F)F)cc1NC1CN2CCC1CC2. The quantitative estimate of drug-likeness (QED) is 0.840. The average molecular weight is 288 g/mol. The van der Waals surface area contributed by atoms with E-state index in [-0.39, 0.29) is 11.7 Å². The smallest absolute Gasteiger partial charge is 0.378 e. The van der Waals surface area contributed by atoms with Crippen LogP contribution in [0.4, 0.5) is 23.2 Å². The Hall–Kier alpha value is -1.30. The number of hydrogen-bond donors (Lipinski definition) is 1. The molecule has 0 saturated carbocycles. The van der Waals surface area contributed by atoms with E-state index in [2.05, 4.69) is 10.2 Å². The van der Waals surface area contributed by atoms with Crippen LogP contribution in [0.2, 0.25) is 0 Å². The number of nitrogens with zero attached hydrogens (tertiary/aromatic N) is 1. The number of hydrogen-bond acceptors (Lipinski definition) is 2. The predicted octanol–water partition coefficient (Wildman–Crippen LogP) is 3.35. The molecule has 2 bridgehead atoms. The van der Waals surface area contributed by atoms with Crippen LogP contribution in [-0.4, -0.2) is 30.6 Å². The molecule has 3 aliphatic heterocycles. The molecule has 1 aromatic carbocycles. The van der Waals surface area contributed by atoms with Crippen LogP contribution in [0.3, 0.4) is 0 Å². The number of fused-ring (bicyclic) bond motifs is 3. The Bertz CT molecular complexity index is 492. The molecular weight excluding hydrogens is 272 g/mol. The van der Waals surface area contributed by atoms with Gasteiger partial charge >= 0.3 is 6.18 Å². The molecule has 1 aromatic rings. The summed E-state index contributed by atoms with van der Waals surface area (Å²) in [7, 11) is 0. The summed E-state index contributed by atoms with van der Waals surface area (Å²) >= 11 is 0. The van der Waals surface area contributed by atoms with Gasteiger partial charge in [0.25, 0.3) is 0 Å². The van der Waals surface area contributed by atoms with Gasteiger partial charge in [0.1, 0.15) is 5.82 Å². The lowest BCUT2D eigenvalue weighted by Gasteiger charge is -2.45. The molecule has 0 aromatic heterocycles. The molecular formula is C14H16F4N2. The summed E-state index contributed by atoms with van der Waals surface area (Å²) in [5.41, 5.74) is -0.860. The first-order valence-corrected chi connectivity index (χ1v) is 6.79. The molecule has 0 spiro atoms. The maximum absolute atomic E-state index is 13.7. The van der Waals surface area contributed by atoms with Crippen LogP contribution < -0.4 is 5.32 Å². The Balaban J connectivity index is 1.80. The van der Waals surface area contributed by atoms with Crippen LogP contribution in [0.5, 0.6) is 0 Å². The topological polar surface area (TPSA) is 15.3 Å². The largest absolute Gasteiger partial charge is 0.416 e. The highest BCUT2D eigenvalue weighted by Crippen LogP contribution is 2.34. The van der Waals surface area contributed by atoms with Crippen molar-refractivity contribution in [2.24, 2.45) is 5.92 Å². The second-order valence-corrected chi connectivity index (χ2v) is 5.58. The first-order valence-electron chi connectivity index (χ1n) is 6.79. The second kappa shape index (κ2) is 4.91. The minimum absolute atomic E-state index is 0.0375. The van der Waals surface area contributed by atoms with Gasteiger partial charge in [0.15, 0.2) is 0 Å². The number of alkyl halides is 3. The van der Waals surface area contributed by atoms with Gasteiger partial charge in [0.05, 0.1) is 11.3 Å². The van der Waals surface area contributed by atoms with E-state index in [0.717, 1.165) is 50.7 Å². The Labute approximate surface area is 114 Å². The highest BCUT2D eigenvalue weighted by molar-refractivity contribution is 5.49. The molecule has 0 aliphatic carbocycles. The van der Waals surface area contributed by atoms with Crippen molar-refractivity contribution in [2.75, 3.05) is 25.0 Å². The summed E-state index contributed by atoms with van der Waals surface area (Å²) in [5.74, 6) is -0.205. The molecule has 4 rings (SSSR count). The van der Waals surface area contributed by atoms with Crippen molar-refractivity contribution in [3.8, 4) is 0 Å². The number of anilines is 1. The van der Waals surface area contributed by atoms with Gasteiger partial charge in [0.2, 0.25) is 0 Å². The average Bonchev–Trinajstić information content (AvgIpc) is 2.41. The maximum Gasteiger partial charge on any atom is 0.416 e. The fourth-order valence-corrected chi connectivity index (χ4v) is 3.14. The lowest BCUT2D eigenvalue weighted by atomic mass is 9.84. The number of rotatable bonds is 2. The highest BCUT2D eigenvalue weighted by atomic mass is 19.4. The molecule has 2 nitrogen and oxygen atoms in total. The molecule has 1 unspecified atom stereocenters. The van der Waals surface area contributed by atoms with Crippen molar-refractivity contribution in [1.29, 1.82) is 0 Å². The number of nitrogens with one attached hydrogen (secondary N) is 1. The van der Waals surface area contributed by atoms with Gasteiger partial charge in [-0.2, -0.15) is 13.2 Å². The summed E-state index contributed by atoms with van der Waals surface area (Å²) in [5, 5.41) is 2.98. The standard InChI is InChI=1S/C14H16F4N2/c15-11-2-1-10(14(16,17)18)7-12(11)19-13-8-20-5-3-9(13)4-6-20/h1-2,7,9,13,19H,3-6,8H2. The molecule has 20 heavy (non-hydrogen) atoms. The summed E-state index contributed by atoms with van der Waals surface area (Å²) in [6, 6.07) is 2.56. The molecule has 0 radical (unpaired) electrons. The molecule has 110 valence electrons. The fourth-order valence-electron chi connectivity index (χ4n) is 3.14. The molecule has 1 N–H and O–H groups in total. The third-order valence-corrected chi connectivity index (χ3v) is 4.29. The van der Waals surface area contributed by atoms with Crippen molar-refractivity contribution < 1.29 is 17.6 Å². The van der Waals surface area contributed by atoms with Crippen molar-refractivity contribution in [1.82, 2.24) is 4.90 Å². The molecule has 6 heteroatoms. The van der Waals surface area contributed by atoms with Crippen LogP contribution in [-0.2, 0) is 6.18 Å². The number of halogens is 4. The van der Waals surface area contributed by atoms with E-state index < -0.39 is 17.6 Å². The van der Waals surface area contributed by atoms with E-state index in [0.29, 0.717) is 5.92 Å². The Kier molecular flexibility index (Phi) is 3.36. The van der Waals surface area contributed by atoms with E-state index >= 15 is 0 Å². The first-order chi connectivity index (χ1) is 9.43. The lowest BCUT2D eigenvalue weighted by molar-refractivity contribution is -0.137. The van der Waals surface area contributed by atoms with Gasteiger partial charge in [-0.15, -0.1) is 0 Å². The van der Waals surface area contributed by atoms with Crippen LogP contribution in [0.15, 0.2) is 18.2 Å². The van der Waals surface area contributed by atoms with Gasteiger partial charge in [-0.3, -0.25) is 0 Å². The summed E-state index contributed by atoms with van der Waals surface area (Å²) in [4.78, 5) is 2.27. The van der Waals surface area contributed by atoms with Gasteiger partial charge in [-0.1, -0.05) is 0 Å². The predicted molar refractivity (Wildman–Crippen MR) is 68.0 cm³/mol. The van der Waals surface area contributed by atoms with Crippen molar-refractivity contribution in [2.45, 2.75) is 25.1 Å². The summed E-state index contributed by atoms with van der Waals surface area (Å²) in [6.07, 6.45) is -2.39. The van der Waals surface area contributed by atoms with Crippen LogP contribution >= 0.6 is 0 Å². The van der Waals surface area contributed by atoms with Crippen LogP contribution in [0.25, 0.3) is 0 Å². The first kappa shape index (κ1) is 13.7. The van der Waals surface area contributed by atoms with Crippen molar-refractivity contribution in [3.63, 3.8) is 0 Å². The zero-order valence-corrected chi connectivity index (χ0v) is 10.9. The molecule has 0 amide bonds. The minimum atomic E-state index is -4.45. The molecule has 3 aliphatic rings. The third-order valence-electron chi connectivity index (χ3n) is 4.29. The van der Waals surface area contributed by atoms with Crippen molar-refractivity contribution in [3.05, 3.63) is 29.6 Å². The van der Waals surface area contributed by atoms with Gasteiger partial charge in [-0.05, 0) is 50.0 Å². The van der Waals surface area contributed by atoms with Gasteiger partial charge < -0.3 is 10.2 Å². The Morgan fingerprint density at radius 1 is 1.15 bits per heavy atom. The van der Waals surface area contributed by atoms with E-state index in [1.54, 1.807) is 0 Å². The minimum Gasteiger partial charge on any atom is -0.378 e. The number of piperidine rings is 3. The van der Waals surface area contributed by atoms with Gasteiger partial charge in [0, 0.05) is 12.6 Å². The van der Waals surface area contributed by atoms with Gasteiger partial charge in [-0.25, -0.2) is 4.39 Å². The van der Waals surface area contributed by atoms with Crippen LogP contribution in [0.1, 0.15) is 18.4 Å². The normalized spacial score (nSPS) is 29.5. The Morgan fingerprint density at radius 2 is 1.85 bits per heavy atom. The lowest BCUT2D eigenvalue weighted by Crippen LogP contribution is -2.53. The summed E-state index contributed by atoms with van der Waals surface area (Å²) < 4.78 is 51.7. The fraction of sp³-hybridized carbons (Fsp3) is 0.571. The molecule has 1 atom stereocenters. The third kappa shape index (κ3) is 2.61. The van der Waals surface area contributed by atoms with Crippen molar-refractivity contribution >= 4 is 5.69 Å².